The van der Waals surface area contributed by atoms with Crippen molar-refractivity contribution in [3.63, 3.8) is 0 Å². The third kappa shape index (κ3) is 4.53. The van der Waals surface area contributed by atoms with E-state index in [4.69, 9.17) is 4.74 Å². The molecular weight excluding hydrogens is 332 g/mol. The Kier molecular flexibility index (Phi) is 5.69. The van der Waals surface area contributed by atoms with Gasteiger partial charge < -0.3 is 4.74 Å². The SMILES string of the molecule is O=C(CBr)OC(Cc1ccccc1)C(=O)c1ccccc1. The van der Waals surface area contributed by atoms with Gasteiger partial charge in [-0.3, -0.25) is 9.59 Å². The van der Waals surface area contributed by atoms with Crippen LogP contribution in [0.3, 0.4) is 0 Å². The first-order valence-corrected chi connectivity index (χ1v) is 7.71. The van der Waals surface area contributed by atoms with Crippen LogP contribution < -0.4 is 0 Å². The number of hydrogen-bond donors (Lipinski definition) is 0. The third-order valence-corrected chi connectivity index (χ3v) is 3.46. The number of Topliss-reactive ketones (excluding diaryl/α,β-unsaturated/α-hetero) is 1. The molecular formula is C17H15BrO3. The number of rotatable bonds is 6. The summed E-state index contributed by atoms with van der Waals surface area (Å²) in [6.45, 7) is 0. The smallest absolute Gasteiger partial charge is 0.317 e. The minimum absolute atomic E-state index is 0.0698. The molecule has 2 rings (SSSR count). The number of halogens is 1. The first kappa shape index (κ1) is 15.4. The van der Waals surface area contributed by atoms with Gasteiger partial charge in [0.15, 0.2) is 6.10 Å². The third-order valence-electron chi connectivity index (χ3n) is 3.00. The van der Waals surface area contributed by atoms with E-state index in [0.717, 1.165) is 5.56 Å². The average molecular weight is 347 g/mol. The second-order valence-corrected chi connectivity index (χ2v) is 5.09. The molecule has 0 N–H and O–H groups in total. The summed E-state index contributed by atoms with van der Waals surface area (Å²) in [5.41, 5.74) is 1.50. The number of alkyl halides is 1. The van der Waals surface area contributed by atoms with Gasteiger partial charge in [0.2, 0.25) is 5.78 Å². The molecule has 0 saturated heterocycles. The van der Waals surface area contributed by atoms with E-state index in [1.165, 1.54) is 0 Å². The van der Waals surface area contributed by atoms with Gasteiger partial charge in [-0.1, -0.05) is 76.6 Å². The lowest BCUT2D eigenvalue weighted by molar-refractivity contribution is -0.143. The molecule has 0 aliphatic rings. The summed E-state index contributed by atoms with van der Waals surface area (Å²) in [6.07, 6.45) is -0.437. The average Bonchev–Trinajstić information content (AvgIpc) is 2.55. The van der Waals surface area contributed by atoms with Gasteiger partial charge in [-0.2, -0.15) is 0 Å². The summed E-state index contributed by atoms with van der Waals surface area (Å²) < 4.78 is 5.28. The Morgan fingerprint density at radius 3 is 2.10 bits per heavy atom. The number of benzene rings is 2. The minimum Gasteiger partial charge on any atom is -0.453 e. The lowest BCUT2D eigenvalue weighted by atomic mass is 10.00. The maximum atomic E-state index is 12.5. The van der Waals surface area contributed by atoms with Gasteiger partial charge in [0.05, 0.1) is 0 Å². The van der Waals surface area contributed by atoms with Crippen LogP contribution in [0.1, 0.15) is 15.9 Å². The van der Waals surface area contributed by atoms with Crippen LogP contribution in [0.4, 0.5) is 0 Å². The van der Waals surface area contributed by atoms with Crippen molar-refractivity contribution in [2.75, 3.05) is 5.33 Å². The lowest BCUT2D eigenvalue weighted by Crippen LogP contribution is -2.30. The van der Waals surface area contributed by atoms with Crippen molar-refractivity contribution >= 4 is 27.7 Å². The summed E-state index contributed by atoms with van der Waals surface area (Å²) in [6, 6.07) is 18.4. The second-order valence-electron chi connectivity index (χ2n) is 4.53. The van der Waals surface area contributed by atoms with Crippen LogP contribution in [0.25, 0.3) is 0 Å². The first-order valence-electron chi connectivity index (χ1n) is 6.59. The molecule has 0 aromatic heterocycles. The number of ketones is 1. The van der Waals surface area contributed by atoms with E-state index in [1.54, 1.807) is 24.3 Å². The molecule has 0 amide bonds. The Morgan fingerprint density at radius 1 is 0.952 bits per heavy atom. The second kappa shape index (κ2) is 7.74. The Balaban J connectivity index is 2.19. The van der Waals surface area contributed by atoms with Crippen LogP contribution in [-0.4, -0.2) is 23.2 Å². The molecule has 0 bridgehead atoms. The summed E-state index contributed by atoms with van der Waals surface area (Å²) in [5, 5.41) is 0.0698. The molecule has 2 aromatic rings. The molecule has 108 valence electrons. The number of hydrogen-bond acceptors (Lipinski definition) is 3. The fourth-order valence-corrected chi connectivity index (χ4v) is 2.13. The zero-order valence-corrected chi connectivity index (χ0v) is 13.0. The van der Waals surface area contributed by atoms with Crippen LogP contribution in [0.2, 0.25) is 0 Å². The molecule has 0 spiro atoms. The van der Waals surface area contributed by atoms with Crippen LogP contribution in [-0.2, 0) is 16.0 Å². The van der Waals surface area contributed by atoms with E-state index in [-0.39, 0.29) is 11.1 Å². The van der Waals surface area contributed by atoms with Gasteiger partial charge in [-0.15, -0.1) is 0 Å². The molecule has 3 nitrogen and oxygen atoms in total. The van der Waals surface area contributed by atoms with E-state index in [0.29, 0.717) is 12.0 Å². The largest absolute Gasteiger partial charge is 0.453 e. The van der Waals surface area contributed by atoms with Gasteiger partial charge >= 0.3 is 5.97 Å². The van der Waals surface area contributed by atoms with Crippen LogP contribution in [0, 0.1) is 0 Å². The molecule has 0 aliphatic carbocycles. The monoisotopic (exact) mass is 346 g/mol. The van der Waals surface area contributed by atoms with Crippen molar-refractivity contribution in [3.05, 3.63) is 71.8 Å². The number of ether oxygens (including phenoxy) is 1. The van der Waals surface area contributed by atoms with E-state index in [9.17, 15) is 9.59 Å². The zero-order chi connectivity index (χ0) is 15.1. The maximum absolute atomic E-state index is 12.5. The summed E-state index contributed by atoms with van der Waals surface area (Å²) in [4.78, 5) is 24.0. The summed E-state index contributed by atoms with van der Waals surface area (Å²) >= 11 is 3.05. The quantitative estimate of drug-likeness (QED) is 0.457. The topological polar surface area (TPSA) is 43.4 Å². The first-order chi connectivity index (χ1) is 10.2. The van der Waals surface area contributed by atoms with E-state index in [1.807, 2.05) is 36.4 Å². The molecule has 0 radical (unpaired) electrons. The summed E-state index contributed by atoms with van der Waals surface area (Å²) in [7, 11) is 0. The highest BCUT2D eigenvalue weighted by Gasteiger charge is 2.24. The van der Waals surface area contributed by atoms with E-state index >= 15 is 0 Å². The minimum atomic E-state index is -0.806. The standard InChI is InChI=1S/C17H15BrO3/c18-12-16(19)21-15(11-13-7-3-1-4-8-13)17(20)14-9-5-2-6-10-14/h1-10,15H,11-12H2. The predicted octanol–water partition coefficient (Wildman–Crippen LogP) is 3.42. The molecule has 1 atom stereocenters. The lowest BCUT2D eigenvalue weighted by Gasteiger charge is -2.16. The van der Waals surface area contributed by atoms with Crippen molar-refractivity contribution in [2.45, 2.75) is 12.5 Å². The molecule has 0 heterocycles. The van der Waals surface area contributed by atoms with Gasteiger partial charge in [-0.25, -0.2) is 0 Å². The number of esters is 1. The highest BCUT2D eigenvalue weighted by Crippen LogP contribution is 2.13. The van der Waals surface area contributed by atoms with E-state index in [2.05, 4.69) is 15.9 Å². The van der Waals surface area contributed by atoms with Crippen molar-refractivity contribution in [1.29, 1.82) is 0 Å². The molecule has 21 heavy (non-hydrogen) atoms. The Labute approximate surface area is 132 Å². The van der Waals surface area contributed by atoms with Crippen LogP contribution in [0.15, 0.2) is 60.7 Å². The Morgan fingerprint density at radius 2 is 1.52 bits per heavy atom. The molecule has 0 aliphatic heterocycles. The van der Waals surface area contributed by atoms with Gasteiger partial charge in [0.1, 0.15) is 5.33 Å². The van der Waals surface area contributed by atoms with Gasteiger partial charge in [0, 0.05) is 12.0 Å². The molecule has 0 saturated carbocycles. The highest BCUT2D eigenvalue weighted by atomic mass is 79.9. The molecule has 1 unspecified atom stereocenters. The molecule has 0 fully saturated rings. The predicted molar refractivity (Wildman–Crippen MR) is 84.6 cm³/mol. The van der Waals surface area contributed by atoms with Gasteiger partial charge in [0.25, 0.3) is 0 Å². The van der Waals surface area contributed by atoms with Gasteiger partial charge in [-0.05, 0) is 5.56 Å². The van der Waals surface area contributed by atoms with Crippen molar-refractivity contribution in [3.8, 4) is 0 Å². The van der Waals surface area contributed by atoms with E-state index < -0.39 is 12.1 Å². The van der Waals surface area contributed by atoms with Crippen molar-refractivity contribution < 1.29 is 14.3 Å². The Bertz CT molecular complexity index is 596. The molecule has 2 aromatic carbocycles. The fraction of sp³-hybridized carbons (Fsp3) is 0.176. The Hall–Kier alpha value is -1.94. The molecule has 4 heteroatoms. The number of carbonyl (C=O) groups excluding carboxylic acids is 2. The van der Waals surface area contributed by atoms with Crippen LogP contribution in [0.5, 0.6) is 0 Å². The normalized spacial score (nSPS) is 11.7. The number of carbonyl (C=O) groups is 2. The maximum Gasteiger partial charge on any atom is 0.317 e. The fourth-order valence-electron chi connectivity index (χ4n) is 1.99. The summed E-state index contributed by atoms with van der Waals surface area (Å²) in [5.74, 6) is -0.631. The van der Waals surface area contributed by atoms with Crippen LogP contribution >= 0.6 is 15.9 Å². The zero-order valence-electron chi connectivity index (χ0n) is 11.4. The van der Waals surface area contributed by atoms with Crippen molar-refractivity contribution in [2.24, 2.45) is 0 Å². The van der Waals surface area contributed by atoms with Crippen molar-refractivity contribution in [1.82, 2.24) is 0 Å². The highest BCUT2D eigenvalue weighted by molar-refractivity contribution is 9.09.